The zero-order valence-electron chi connectivity index (χ0n) is 13.8. The van der Waals surface area contributed by atoms with Crippen molar-refractivity contribution < 1.29 is 9.53 Å². The van der Waals surface area contributed by atoms with Gasteiger partial charge in [-0.05, 0) is 24.3 Å². The molecular formula is C17H17N5O2S. The summed E-state index contributed by atoms with van der Waals surface area (Å²) >= 11 is 1.31. The Morgan fingerprint density at radius 2 is 2.08 bits per heavy atom. The number of thioether (sulfide) groups is 1. The van der Waals surface area contributed by atoms with Crippen molar-refractivity contribution in [2.75, 3.05) is 19.9 Å². The summed E-state index contributed by atoms with van der Waals surface area (Å²) in [6.45, 7) is 0. The van der Waals surface area contributed by atoms with E-state index in [1.165, 1.54) is 11.8 Å². The number of carbonyl (C=O) groups excluding carboxylic acids is 1. The van der Waals surface area contributed by atoms with Gasteiger partial charge in [0.25, 0.3) is 0 Å². The summed E-state index contributed by atoms with van der Waals surface area (Å²) in [5.41, 5.74) is 1.63. The maximum atomic E-state index is 11.6. The molecule has 2 aromatic heterocycles. The lowest BCUT2D eigenvalue weighted by atomic mass is 10.2. The maximum Gasteiger partial charge on any atom is 0.230 e. The van der Waals surface area contributed by atoms with Crippen molar-refractivity contribution in [2.45, 2.75) is 5.16 Å². The summed E-state index contributed by atoms with van der Waals surface area (Å²) in [6, 6.07) is 11.4. The fraction of sp³-hybridized carbons (Fsp3) is 0.176. The first-order valence-electron chi connectivity index (χ1n) is 7.57. The van der Waals surface area contributed by atoms with Crippen molar-refractivity contribution in [1.29, 1.82) is 0 Å². The Morgan fingerprint density at radius 1 is 1.24 bits per heavy atom. The van der Waals surface area contributed by atoms with Crippen molar-refractivity contribution >= 4 is 17.7 Å². The number of aromatic nitrogens is 4. The second-order valence-electron chi connectivity index (χ2n) is 5.02. The summed E-state index contributed by atoms with van der Waals surface area (Å²) in [5.74, 6) is 1.49. The molecule has 0 saturated heterocycles. The molecule has 0 fully saturated rings. The number of hydrogen-bond donors (Lipinski definition) is 1. The van der Waals surface area contributed by atoms with Crippen LogP contribution < -0.4 is 10.1 Å². The summed E-state index contributed by atoms with van der Waals surface area (Å²) in [5, 5.41) is 11.8. The van der Waals surface area contributed by atoms with Crippen molar-refractivity contribution in [3.8, 4) is 22.8 Å². The Kier molecular flexibility index (Phi) is 5.30. The van der Waals surface area contributed by atoms with E-state index in [2.05, 4.69) is 20.5 Å². The highest BCUT2D eigenvalue weighted by molar-refractivity contribution is 7.99. The third kappa shape index (κ3) is 3.63. The standard InChI is InChI=1S/C17H17N5O2S/c1-18-15(23)11-25-17-21-20-16(12-6-5-9-19-10-12)22(17)13-7-3-4-8-14(13)24-2/h3-10H,11H2,1-2H3,(H,18,23). The minimum Gasteiger partial charge on any atom is -0.495 e. The van der Waals surface area contributed by atoms with Crippen LogP contribution in [0.3, 0.4) is 0 Å². The monoisotopic (exact) mass is 355 g/mol. The van der Waals surface area contributed by atoms with Crippen LogP contribution in [0.15, 0.2) is 53.9 Å². The van der Waals surface area contributed by atoms with Gasteiger partial charge >= 0.3 is 0 Å². The van der Waals surface area contributed by atoms with Crippen molar-refractivity contribution in [2.24, 2.45) is 0 Å². The lowest BCUT2D eigenvalue weighted by Crippen LogP contribution is -2.20. The number of nitrogens with zero attached hydrogens (tertiary/aromatic N) is 4. The van der Waals surface area contributed by atoms with Crippen molar-refractivity contribution in [1.82, 2.24) is 25.1 Å². The summed E-state index contributed by atoms with van der Waals surface area (Å²) in [4.78, 5) is 15.8. The average Bonchev–Trinajstić information content (AvgIpc) is 3.10. The molecule has 1 amide bonds. The molecular weight excluding hydrogens is 338 g/mol. The zero-order valence-corrected chi connectivity index (χ0v) is 14.7. The second kappa shape index (κ2) is 7.80. The minimum absolute atomic E-state index is 0.0810. The zero-order chi connectivity index (χ0) is 17.6. The number of hydrogen-bond acceptors (Lipinski definition) is 6. The maximum absolute atomic E-state index is 11.6. The molecule has 0 aliphatic carbocycles. The normalized spacial score (nSPS) is 10.5. The SMILES string of the molecule is CNC(=O)CSc1nnc(-c2cccnc2)n1-c1ccccc1OC. The lowest BCUT2D eigenvalue weighted by molar-refractivity contribution is -0.118. The first kappa shape index (κ1) is 17.0. The molecule has 0 bridgehead atoms. The average molecular weight is 355 g/mol. The van der Waals surface area contributed by atoms with E-state index < -0.39 is 0 Å². The Labute approximate surface area is 149 Å². The number of benzene rings is 1. The lowest BCUT2D eigenvalue weighted by Gasteiger charge is -2.13. The molecule has 128 valence electrons. The predicted octanol–water partition coefficient (Wildman–Crippen LogP) is 2.18. The topological polar surface area (TPSA) is 81.9 Å². The highest BCUT2D eigenvalue weighted by Gasteiger charge is 2.19. The molecule has 25 heavy (non-hydrogen) atoms. The van der Waals surface area contributed by atoms with Gasteiger partial charge < -0.3 is 10.1 Å². The van der Waals surface area contributed by atoms with Crippen LogP contribution in [0.25, 0.3) is 17.1 Å². The summed E-state index contributed by atoms with van der Waals surface area (Å²) in [7, 11) is 3.22. The molecule has 0 aliphatic heterocycles. The van der Waals surface area contributed by atoms with Crippen LogP contribution in [0.5, 0.6) is 5.75 Å². The molecule has 3 aromatic rings. The van der Waals surface area contributed by atoms with Gasteiger partial charge in [0.15, 0.2) is 11.0 Å². The van der Waals surface area contributed by atoms with E-state index in [1.54, 1.807) is 26.6 Å². The Morgan fingerprint density at radius 3 is 2.80 bits per heavy atom. The Bertz CT molecular complexity index is 866. The first-order valence-corrected chi connectivity index (χ1v) is 8.55. The Balaban J connectivity index is 2.11. The van der Waals surface area contributed by atoms with Crippen LogP contribution in [0.2, 0.25) is 0 Å². The van der Waals surface area contributed by atoms with E-state index in [-0.39, 0.29) is 11.7 Å². The van der Waals surface area contributed by atoms with Crippen LogP contribution in [-0.2, 0) is 4.79 Å². The fourth-order valence-electron chi connectivity index (χ4n) is 2.28. The quantitative estimate of drug-likeness (QED) is 0.683. The van der Waals surface area contributed by atoms with Crippen LogP contribution >= 0.6 is 11.8 Å². The number of pyridine rings is 1. The highest BCUT2D eigenvalue weighted by Crippen LogP contribution is 2.32. The van der Waals surface area contributed by atoms with Gasteiger partial charge in [0, 0.05) is 25.0 Å². The van der Waals surface area contributed by atoms with Gasteiger partial charge in [-0.25, -0.2) is 0 Å². The van der Waals surface area contributed by atoms with Crippen LogP contribution in [0.4, 0.5) is 0 Å². The molecule has 7 nitrogen and oxygen atoms in total. The van der Waals surface area contributed by atoms with E-state index in [9.17, 15) is 4.79 Å². The van der Waals surface area contributed by atoms with Crippen LogP contribution in [0.1, 0.15) is 0 Å². The summed E-state index contributed by atoms with van der Waals surface area (Å²) in [6.07, 6.45) is 3.43. The second-order valence-corrected chi connectivity index (χ2v) is 5.96. The number of amides is 1. The molecule has 1 N–H and O–H groups in total. The van der Waals surface area contributed by atoms with E-state index in [1.807, 2.05) is 41.0 Å². The minimum atomic E-state index is -0.0810. The Hall–Kier alpha value is -2.87. The van der Waals surface area contributed by atoms with Crippen molar-refractivity contribution in [3.63, 3.8) is 0 Å². The molecule has 0 atom stereocenters. The van der Waals surface area contributed by atoms with Gasteiger partial charge in [-0.15, -0.1) is 10.2 Å². The van der Waals surface area contributed by atoms with Gasteiger partial charge in [-0.2, -0.15) is 0 Å². The third-order valence-electron chi connectivity index (χ3n) is 3.49. The number of ether oxygens (including phenoxy) is 1. The number of nitrogens with one attached hydrogen (secondary N) is 1. The highest BCUT2D eigenvalue weighted by atomic mass is 32.2. The number of methoxy groups -OCH3 is 1. The fourth-order valence-corrected chi connectivity index (χ4v) is 3.10. The number of carbonyl (C=O) groups is 1. The van der Waals surface area contributed by atoms with E-state index in [0.717, 1.165) is 11.3 Å². The van der Waals surface area contributed by atoms with E-state index in [0.29, 0.717) is 16.7 Å². The molecule has 1 aromatic carbocycles. The number of para-hydroxylation sites is 2. The summed E-state index contributed by atoms with van der Waals surface area (Å²) < 4.78 is 7.36. The largest absolute Gasteiger partial charge is 0.495 e. The third-order valence-corrected chi connectivity index (χ3v) is 4.42. The van der Waals surface area contributed by atoms with Crippen LogP contribution in [-0.4, -0.2) is 45.6 Å². The van der Waals surface area contributed by atoms with Crippen LogP contribution in [0, 0.1) is 0 Å². The first-order chi connectivity index (χ1) is 12.2. The van der Waals surface area contributed by atoms with Gasteiger partial charge in [-0.3, -0.25) is 14.3 Å². The van der Waals surface area contributed by atoms with E-state index in [4.69, 9.17) is 4.74 Å². The smallest absolute Gasteiger partial charge is 0.230 e. The molecule has 8 heteroatoms. The van der Waals surface area contributed by atoms with Crippen molar-refractivity contribution in [3.05, 3.63) is 48.8 Å². The van der Waals surface area contributed by atoms with Gasteiger partial charge in [0.05, 0.1) is 18.6 Å². The molecule has 3 rings (SSSR count). The number of rotatable bonds is 6. The molecule has 2 heterocycles. The molecule has 0 aliphatic rings. The van der Waals surface area contributed by atoms with E-state index >= 15 is 0 Å². The molecule has 0 spiro atoms. The molecule has 0 radical (unpaired) electrons. The van der Waals surface area contributed by atoms with Gasteiger partial charge in [0.2, 0.25) is 5.91 Å². The molecule has 0 saturated carbocycles. The van der Waals surface area contributed by atoms with Gasteiger partial charge in [0.1, 0.15) is 5.75 Å². The molecule has 0 unspecified atom stereocenters. The van der Waals surface area contributed by atoms with Gasteiger partial charge in [-0.1, -0.05) is 23.9 Å². The predicted molar refractivity (Wildman–Crippen MR) is 95.9 cm³/mol.